The minimum absolute atomic E-state index is 0. The van der Waals surface area contributed by atoms with Crippen molar-refractivity contribution in [1.29, 1.82) is 0 Å². The first-order valence-corrected chi connectivity index (χ1v) is 10.0. The topological polar surface area (TPSA) is 77.4 Å². The van der Waals surface area contributed by atoms with Crippen LogP contribution in [-0.4, -0.2) is 29.4 Å². The Bertz CT molecular complexity index is 333. The van der Waals surface area contributed by atoms with Crippen LogP contribution in [0, 0.1) is 0 Å². The summed E-state index contributed by atoms with van der Waals surface area (Å²) in [5.41, 5.74) is 0. The molecule has 0 radical (unpaired) electrons. The van der Waals surface area contributed by atoms with E-state index in [0.29, 0.717) is 25.7 Å². The van der Waals surface area contributed by atoms with Crippen LogP contribution in [0.2, 0.25) is 0 Å². The van der Waals surface area contributed by atoms with E-state index in [9.17, 15) is 18.1 Å². The van der Waals surface area contributed by atoms with Crippen LogP contribution in [0.5, 0.6) is 0 Å². The zero-order valence-corrected chi connectivity index (χ0v) is 18.7. The summed E-state index contributed by atoms with van der Waals surface area (Å²) in [7, 11) is -4.20. The molecular weight excluding hydrogens is 327 g/mol. The number of aliphatic hydroxyl groups excluding tert-OH is 1. The van der Waals surface area contributed by atoms with Crippen molar-refractivity contribution in [2.45, 2.75) is 102 Å². The summed E-state index contributed by atoms with van der Waals surface area (Å²) in [6, 6.07) is 0. The van der Waals surface area contributed by atoms with Crippen LogP contribution in [0.3, 0.4) is 0 Å². The van der Waals surface area contributed by atoms with Crippen molar-refractivity contribution >= 4 is 10.1 Å². The Morgan fingerprint density at radius 2 is 1.36 bits per heavy atom. The van der Waals surface area contributed by atoms with Crippen molar-refractivity contribution in [3.05, 3.63) is 0 Å². The largest absolute Gasteiger partial charge is 1.00 e. The van der Waals surface area contributed by atoms with Crippen molar-refractivity contribution in [3.8, 4) is 0 Å². The van der Waals surface area contributed by atoms with Crippen LogP contribution < -0.4 is 51.4 Å². The van der Waals surface area contributed by atoms with Gasteiger partial charge in [-0.25, -0.2) is 8.42 Å². The molecule has 6 heteroatoms. The van der Waals surface area contributed by atoms with Crippen LogP contribution in [0.4, 0.5) is 0 Å². The molecule has 0 aromatic heterocycles. The van der Waals surface area contributed by atoms with Crippen molar-refractivity contribution in [1.82, 2.24) is 0 Å². The van der Waals surface area contributed by atoms with Crippen LogP contribution in [0.15, 0.2) is 0 Å². The van der Waals surface area contributed by atoms with E-state index in [-0.39, 0.29) is 57.5 Å². The molecular formula is C16H33KO4S. The molecule has 0 rings (SSSR count). The summed E-state index contributed by atoms with van der Waals surface area (Å²) in [5, 5.41) is 8.87. The first kappa shape index (κ1) is 25.7. The molecule has 128 valence electrons. The van der Waals surface area contributed by atoms with Gasteiger partial charge in [-0.3, -0.25) is 0 Å². The third kappa shape index (κ3) is 15.1. The van der Waals surface area contributed by atoms with Crippen LogP contribution in [0.1, 0.15) is 90.9 Å². The molecule has 0 aliphatic carbocycles. The fourth-order valence-corrected chi connectivity index (χ4v) is 3.55. The van der Waals surface area contributed by atoms with Gasteiger partial charge in [0, 0.05) is 5.25 Å². The average molecular weight is 361 g/mol. The van der Waals surface area contributed by atoms with Gasteiger partial charge in [0.1, 0.15) is 0 Å². The van der Waals surface area contributed by atoms with Crippen molar-refractivity contribution < 1.29 is 69.5 Å². The fourth-order valence-electron chi connectivity index (χ4n) is 2.64. The maximum Gasteiger partial charge on any atom is 1.00 e. The Labute approximate surface area is 180 Å². The summed E-state index contributed by atoms with van der Waals surface area (Å²) < 4.78 is 33.8. The summed E-state index contributed by atoms with van der Waals surface area (Å²) in [4.78, 5) is 0. The van der Waals surface area contributed by atoms with Crippen molar-refractivity contribution in [3.63, 3.8) is 0 Å². The third-order valence-electron chi connectivity index (χ3n) is 3.97. The van der Waals surface area contributed by atoms with Gasteiger partial charge >= 0.3 is 51.4 Å². The van der Waals surface area contributed by atoms with E-state index in [4.69, 9.17) is 0 Å². The molecule has 0 spiro atoms. The quantitative estimate of drug-likeness (QED) is 0.285. The van der Waals surface area contributed by atoms with Gasteiger partial charge in [0.2, 0.25) is 0 Å². The molecule has 1 N–H and O–H groups in total. The summed E-state index contributed by atoms with van der Waals surface area (Å²) in [6.45, 7) is 4.17. The summed E-state index contributed by atoms with van der Waals surface area (Å²) in [5.74, 6) is 0. The maximum atomic E-state index is 11.3. The Morgan fingerprint density at radius 3 is 1.91 bits per heavy atom. The van der Waals surface area contributed by atoms with Gasteiger partial charge < -0.3 is 9.66 Å². The van der Waals surface area contributed by atoms with E-state index in [1.54, 1.807) is 0 Å². The SMILES string of the molecule is CCCCCCCCC(CCCC(O)CCC)S(=O)(=O)[O-].[K+]. The fraction of sp³-hybridized carbons (Fsp3) is 1.00. The Morgan fingerprint density at radius 1 is 0.818 bits per heavy atom. The second kappa shape index (κ2) is 16.0. The molecule has 2 atom stereocenters. The molecule has 4 nitrogen and oxygen atoms in total. The van der Waals surface area contributed by atoms with Gasteiger partial charge in [0.25, 0.3) is 0 Å². The van der Waals surface area contributed by atoms with E-state index >= 15 is 0 Å². The first-order valence-electron chi connectivity index (χ1n) is 8.54. The van der Waals surface area contributed by atoms with E-state index in [2.05, 4.69) is 6.92 Å². The normalized spacial score (nSPS) is 14.4. The monoisotopic (exact) mass is 360 g/mol. The number of hydrogen-bond acceptors (Lipinski definition) is 4. The molecule has 2 unspecified atom stereocenters. The number of rotatable bonds is 14. The molecule has 22 heavy (non-hydrogen) atoms. The Kier molecular flexibility index (Phi) is 18.7. The smallest absolute Gasteiger partial charge is 0.748 e. The average Bonchev–Trinajstić information content (AvgIpc) is 2.39. The molecule has 0 amide bonds. The van der Waals surface area contributed by atoms with E-state index < -0.39 is 15.4 Å². The maximum absolute atomic E-state index is 11.3. The molecule has 0 aromatic rings. The van der Waals surface area contributed by atoms with Gasteiger partial charge in [0.15, 0.2) is 0 Å². The Balaban J connectivity index is 0. The molecule has 0 aliphatic rings. The molecule has 0 bridgehead atoms. The van der Waals surface area contributed by atoms with Crippen molar-refractivity contribution in [2.24, 2.45) is 0 Å². The van der Waals surface area contributed by atoms with Crippen LogP contribution >= 0.6 is 0 Å². The minimum Gasteiger partial charge on any atom is -0.748 e. The zero-order valence-electron chi connectivity index (χ0n) is 14.7. The van der Waals surface area contributed by atoms with Gasteiger partial charge in [-0.05, 0) is 32.1 Å². The summed E-state index contributed by atoms with van der Waals surface area (Å²) >= 11 is 0. The number of hydrogen-bond donors (Lipinski definition) is 1. The van der Waals surface area contributed by atoms with E-state index in [1.165, 1.54) is 19.3 Å². The molecule has 0 saturated heterocycles. The second-order valence-corrected chi connectivity index (χ2v) is 7.70. The molecule has 0 fully saturated rings. The first-order chi connectivity index (χ1) is 9.91. The van der Waals surface area contributed by atoms with Crippen LogP contribution in [0.25, 0.3) is 0 Å². The summed E-state index contributed by atoms with van der Waals surface area (Å²) in [6.07, 6.45) is 9.91. The number of unbranched alkanes of at least 4 members (excludes halogenated alkanes) is 5. The molecule has 0 aromatic carbocycles. The number of aliphatic hydroxyl groups is 1. The predicted octanol–water partition coefficient (Wildman–Crippen LogP) is 0.986. The van der Waals surface area contributed by atoms with Crippen LogP contribution in [-0.2, 0) is 10.1 Å². The predicted molar refractivity (Wildman–Crippen MR) is 86.2 cm³/mol. The molecule has 0 aliphatic heterocycles. The van der Waals surface area contributed by atoms with E-state index in [0.717, 1.165) is 32.1 Å². The molecule has 0 heterocycles. The van der Waals surface area contributed by atoms with Gasteiger partial charge in [0.05, 0.1) is 16.2 Å². The van der Waals surface area contributed by atoms with Gasteiger partial charge in [-0.15, -0.1) is 0 Å². The standard InChI is InChI=1S/C16H34O4S.K/c1-3-5-6-7-8-9-13-16(21(18,19)20)14-10-12-15(17)11-4-2;/h15-17H,3-14H2,1-2H3,(H,18,19,20);/q;+1/p-1. The zero-order chi connectivity index (χ0) is 16.1. The van der Waals surface area contributed by atoms with E-state index in [1.807, 2.05) is 6.92 Å². The third-order valence-corrected chi connectivity index (χ3v) is 5.26. The minimum atomic E-state index is -4.20. The van der Waals surface area contributed by atoms with Gasteiger partial charge in [-0.1, -0.05) is 58.8 Å². The second-order valence-electron chi connectivity index (χ2n) is 6.04. The van der Waals surface area contributed by atoms with Crippen molar-refractivity contribution in [2.75, 3.05) is 0 Å². The molecule has 0 saturated carbocycles. The Hall–Kier alpha value is 1.51. The van der Waals surface area contributed by atoms with Gasteiger partial charge in [-0.2, -0.15) is 0 Å².